The highest BCUT2D eigenvalue weighted by atomic mass is 35.5. The summed E-state index contributed by atoms with van der Waals surface area (Å²) in [7, 11) is 0. The number of halogens is 4. The maximum Gasteiger partial charge on any atom is 0.416 e. The van der Waals surface area contributed by atoms with Crippen molar-refractivity contribution >= 4 is 34.3 Å². The minimum atomic E-state index is -4.57. The number of aromatic nitrogens is 1. The zero-order chi connectivity index (χ0) is 25.6. The molecule has 10 heteroatoms. The van der Waals surface area contributed by atoms with Crippen LogP contribution in [0.25, 0.3) is 11.0 Å². The van der Waals surface area contributed by atoms with Crippen LogP contribution in [0.4, 0.5) is 13.2 Å². The third kappa shape index (κ3) is 4.22. The molecule has 2 aromatic heterocycles. The average molecular weight is 513 g/mol. The minimum absolute atomic E-state index is 0.136. The Labute approximate surface area is 207 Å². The fourth-order valence-corrected chi connectivity index (χ4v) is 4.38. The molecule has 0 bridgehead atoms. The summed E-state index contributed by atoms with van der Waals surface area (Å²) in [5.74, 6) is -2.62. The Balaban J connectivity index is 1.57. The molecule has 36 heavy (non-hydrogen) atoms. The summed E-state index contributed by atoms with van der Waals surface area (Å²) >= 11 is 6.01. The summed E-state index contributed by atoms with van der Waals surface area (Å²) in [5, 5.41) is 11.7. The van der Waals surface area contributed by atoms with Crippen molar-refractivity contribution in [2.24, 2.45) is 0 Å². The van der Waals surface area contributed by atoms with Crippen molar-refractivity contribution in [3.05, 3.63) is 112 Å². The molecule has 182 valence electrons. The number of aliphatic hydroxyl groups excluding tert-OH is 1. The Kier molecular flexibility index (Phi) is 5.80. The van der Waals surface area contributed by atoms with Gasteiger partial charge in [0, 0.05) is 23.2 Å². The summed E-state index contributed by atoms with van der Waals surface area (Å²) in [6.45, 7) is -0.305. The summed E-state index contributed by atoms with van der Waals surface area (Å²) < 4.78 is 45.3. The molecule has 2 aromatic carbocycles. The lowest BCUT2D eigenvalue weighted by atomic mass is 9.98. The third-order valence-electron chi connectivity index (χ3n) is 5.83. The van der Waals surface area contributed by atoms with E-state index in [0.29, 0.717) is 16.0 Å². The Bertz CT molecular complexity index is 1530. The maximum absolute atomic E-state index is 13.5. The minimum Gasteiger partial charge on any atom is -0.503 e. The Morgan fingerprint density at radius 1 is 1.08 bits per heavy atom. The molecular weight excluding hydrogens is 497 g/mol. The van der Waals surface area contributed by atoms with Crippen LogP contribution in [-0.2, 0) is 17.5 Å². The van der Waals surface area contributed by atoms with Crippen molar-refractivity contribution in [1.82, 2.24) is 9.88 Å². The lowest BCUT2D eigenvalue weighted by Gasteiger charge is -2.26. The molecular formula is C26H16ClF3N2O4. The largest absolute Gasteiger partial charge is 0.503 e. The number of carbonyl (C=O) groups excluding carboxylic acids is 2. The van der Waals surface area contributed by atoms with Gasteiger partial charge in [-0.25, -0.2) is 0 Å². The van der Waals surface area contributed by atoms with Gasteiger partial charge in [-0.1, -0.05) is 29.8 Å². The van der Waals surface area contributed by atoms with Crippen molar-refractivity contribution in [2.75, 3.05) is 0 Å². The number of hydrogen-bond donors (Lipinski definition) is 1. The number of hydrogen-bond acceptors (Lipinski definition) is 5. The van der Waals surface area contributed by atoms with Gasteiger partial charge >= 0.3 is 6.18 Å². The molecule has 1 aliphatic rings. The summed E-state index contributed by atoms with van der Waals surface area (Å²) in [5.41, 5.74) is -0.364. The Hall–Kier alpha value is -4.11. The predicted molar refractivity (Wildman–Crippen MR) is 124 cm³/mol. The van der Waals surface area contributed by atoms with E-state index in [1.165, 1.54) is 24.4 Å². The van der Waals surface area contributed by atoms with Gasteiger partial charge in [0.15, 0.2) is 11.5 Å². The van der Waals surface area contributed by atoms with E-state index in [4.69, 9.17) is 16.0 Å². The van der Waals surface area contributed by atoms with Crippen LogP contribution in [0.1, 0.15) is 33.4 Å². The number of Topliss-reactive ketones (excluding diaryl/α,β-unsaturated/α-hetero) is 1. The summed E-state index contributed by atoms with van der Waals surface area (Å²) in [4.78, 5) is 32.0. The van der Waals surface area contributed by atoms with Gasteiger partial charge < -0.3 is 14.4 Å². The van der Waals surface area contributed by atoms with Gasteiger partial charge in [0.25, 0.3) is 5.91 Å². The zero-order valence-electron chi connectivity index (χ0n) is 18.3. The number of nitrogens with zero attached hydrogens (tertiary/aromatic N) is 2. The topological polar surface area (TPSA) is 83.6 Å². The van der Waals surface area contributed by atoms with Crippen LogP contribution in [0.5, 0.6) is 0 Å². The fourth-order valence-electron chi connectivity index (χ4n) is 4.20. The Morgan fingerprint density at radius 2 is 1.89 bits per heavy atom. The second-order valence-electron chi connectivity index (χ2n) is 8.17. The quantitative estimate of drug-likeness (QED) is 0.318. The monoisotopic (exact) mass is 512 g/mol. The van der Waals surface area contributed by atoms with E-state index in [0.717, 1.165) is 17.0 Å². The van der Waals surface area contributed by atoms with Crippen molar-refractivity contribution < 1.29 is 32.3 Å². The van der Waals surface area contributed by atoms with Gasteiger partial charge in [-0.3, -0.25) is 14.6 Å². The molecule has 1 N–H and O–H groups in total. The maximum atomic E-state index is 13.5. The van der Waals surface area contributed by atoms with E-state index in [9.17, 15) is 27.9 Å². The van der Waals surface area contributed by atoms with E-state index < -0.39 is 35.2 Å². The number of amides is 1. The molecule has 1 aliphatic heterocycles. The molecule has 0 saturated carbocycles. The SMILES string of the molecule is O=C(C1=C(O)C(=O)N(Cc2cccc(C(F)(F)F)c2)C1c1ccccn1)c1cc2cc(Cl)ccc2o1. The molecule has 4 aromatic rings. The molecule has 3 heterocycles. The van der Waals surface area contributed by atoms with Gasteiger partial charge in [0.1, 0.15) is 11.6 Å². The zero-order valence-corrected chi connectivity index (χ0v) is 19.0. The number of furan rings is 1. The lowest BCUT2D eigenvalue weighted by molar-refractivity contribution is -0.137. The van der Waals surface area contributed by atoms with E-state index in [-0.39, 0.29) is 29.1 Å². The van der Waals surface area contributed by atoms with Crippen LogP contribution in [-0.4, -0.2) is 26.7 Å². The first-order valence-electron chi connectivity index (χ1n) is 10.7. The molecule has 6 nitrogen and oxygen atoms in total. The van der Waals surface area contributed by atoms with Crippen LogP contribution >= 0.6 is 11.6 Å². The highest BCUT2D eigenvalue weighted by molar-refractivity contribution is 6.31. The smallest absolute Gasteiger partial charge is 0.416 e. The molecule has 1 atom stereocenters. The molecule has 5 rings (SSSR count). The average Bonchev–Trinajstić information content (AvgIpc) is 3.38. The second kappa shape index (κ2) is 8.83. The van der Waals surface area contributed by atoms with Crippen LogP contribution in [0.2, 0.25) is 5.02 Å². The standard InChI is InChI=1S/C26H16ClF3N2O4/c27-17-7-8-19-15(11-17)12-20(36-19)23(33)21-22(18-6-1-2-9-31-18)32(25(35)24(21)34)13-14-4-3-5-16(10-14)26(28,29)30/h1-12,22,34H,13H2. The lowest BCUT2D eigenvalue weighted by Crippen LogP contribution is -2.31. The van der Waals surface area contributed by atoms with Crippen molar-refractivity contribution in [3.8, 4) is 0 Å². The molecule has 1 unspecified atom stereocenters. The van der Waals surface area contributed by atoms with E-state index in [1.807, 2.05) is 0 Å². The van der Waals surface area contributed by atoms with Crippen LogP contribution in [0, 0.1) is 0 Å². The normalized spacial score (nSPS) is 16.3. The molecule has 0 radical (unpaired) electrons. The molecule has 0 aliphatic carbocycles. The van der Waals surface area contributed by atoms with E-state index in [1.54, 1.807) is 36.4 Å². The van der Waals surface area contributed by atoms with Crippen LogP contribution < -0.4 is 0 Å². The first kappa shape index (κ1) is 23.6. The van der Waals surface area contributed by atoms with E-state index >= 15 is 0 Å². The first-order valence-corrected chi connectivity index (χ1v) is 11.1. The fraction of sp³-hybridized carbons (Fsp3) is 0.115. The van der Waals surface area contributed by atoms with Gasteiger partial charge in [-0.2, -0.15) is 13.2 Å². The number of benzene rings is 2. The molecule has 1 amide bonds. The third-order valence-corrected chi connectivity index (χ3v) is 6.06. The predicted octanol–water partition coefficient (Wildman–Crippen LogP) is 6.28. The number of rotatable bonds is 5. The molecule has 0 fully saturated rings. The summed E-state index contributed by atoms with van der Waals surface area (Å²) in [6, 6.07) is 14.4. The number of alkyl halides is 3. The van der Waals surface area contributed by atoms with Gasteiger partial charge in [0.05, 0.1) is 16.8 Å². The Morgan fingerprint density at radius 3 is 2.61 bits per heavy atom. The van der Waals surface area contributed by atoms with Crippen molar-refractivity contribution in [3.63, 3.8) is 0 Å². The number of fused-ring (bicyclic) bond motifs is 1. The van der Waals surface area contributed by atoms with Crippen LogP contribution in [0.15, 0.2) is 88.7 Å². The number of carbonyl (C=O) groups is 2. The molecule has 0 spiro atoms. The van der Waals surface area contributed by atoms with Crippen molar-refractivity contribution in [2.45, 2.75) is 18.8 Å². The molecule has 0 saturated heterocycles. The first-order chi connectivity index (χ1) is 17.1. The van der Waals surface area contributed by atoms with Gasteiger partial charge in [0.2, 0.25) is 5.78 Å². The van der Waals surface area contributed by atoms with Gasteiger partial charge in [-0.15, -0.1) is 0 Å². The van der Waals surface area contributed by atoms with Crippen molar-refractivity contribution in [1.29, 1.82) is 0 Å². The second-order valence-corrected chi connectivity index (χ2v) is 8.61. The number of aliphatic hydroxyl groups is 1. The van der Waals surface area contributed by atoms with Gasteiger partial charge in [-0.05, 0) is 54.1 Å². The number of pyridine rings is 1. The number of ketones is 1. The van der Waals surface area contributed by atoms with Crippen LogP contribution in [0.3, 0.4) is 0 Å². The highest BCUT2D eigenvalue weighted by Crippen LogP contribution is 2.40. The summed E-state index contributed by atoms with van der Waals surface area (Å²) in [6.07, 6.45) is -3.12. The van der Waals surface area contributed by atoms with E-state index in [2.05, 4.69) is 4.98 Å². The highest BCUT2D eigenvalue weighted by Gasteiger charge is 2.45.